The smallest absolute Gasteiger partial charge is 0.337 e. The summed E-state index contributed by atoms with van der Waals surface area (Å²) in [4.78, 5) is 22.4. The Morgan fingerprint density at radius 3 is 2.53 bits per heavy atom. The van der Waals surface area contributed by atoms with Crippen molar-refractivity contribution in [2.75, 3.05) is 5.33 Å². The minimum Gasteiger partial charge on any atom is -0.508 e. The van der Waals surface area contributed by atoms with Crippen LogP contribution in [0.1, 0.15) is 28.4 Å². The number of rotatable bonds is 5. The van der Waals surface area contributed by atoms with E-state index in [4.69, 9.17) is 5.11 Å². The number of aliphatic hydroxyl groups is 1. The molecule has 0 saturated carbocycles. The van der Waals surface area contributed by atoms with Crippen molar-refractivity contribution in [1.82, 2.24) is 0 Å². The number of alkyl halides is 1. The Bertz CT molecular complexity index is 443. The Hall–Kier alpha value is -1.40. The average molecular weight is 303 g/mol. The molecular weight excluding hydrogens is 292 g/mol. The number of phenols is 1. The Balaban J connectivity index is 3.21. The number of benzene rings is 1. The lowest BCUT2D eigenvalue weighted by molar-refractivity contribution is -0.146. The van der Waals surface area contributed by atoms with Crippen molar-refractivity contribution < 1.29 is 24.9 Å². The maximum absolute atomic E-state index is 11.7. The normalized spacial score (nSPS) is 12.1. The van der Waals surface area contributed by atoms with Crippen LogP contribution in [-0.2, 0) is 4.79 Å². The minimum absolute atomic E-state index is 0.0940. The van der Waals surface area contributed by atoms with Gasteiger partial charge in [0.25, 0.3) is 0 Å². The van der Waals surface area contributed by atoms with Gasteiger partial charge < -0.3 is 15.3 Å². The van der Waals surface area contributed by atoms with Crippen LogP contribution in [0.25, 0.3) is 0 Å². The van der Waals surface area contributed by atoms with Gasteiger partial charge in [-0.3, -0.25) is 4.79 Å². The number of aromatic hydroxyl groups is 1. The molecule has 0 saturated heterocycles. The first-order valence-corrected chi connectivity index (χ1v) is 5.92. The number of ketones is 1. The van der Waals surface area contributed by atoms with Gasteiger partial charge in [0.15, 0.2) is 11.9 Å². The highest BCUT2D eigenvalue weighted by Gasteiger charge is 2.22. The predicted molar refractivity (Wildman–Crippen MR) is 63.4 cm³/mol. The van der Waals surface area contributed by atoms with Crippen molar-refractivity contribution in [2.45, 2.75) is 12.5 Å². The molecular formula is C11H11BrO5. The number of hydrogen-bond acceptors (Lipinski definition) is 4. The van der Waals surface area contributed by atoms with E-state index in [1.807, 2.05) is 0 Å². The van der Waals surface area contributed by atoms with Crippen molar-refractivity contribution in [3.63, 3.8) is 0 Å². The fraction of sp³-hybridized carbons (Fsp3) is 0.273. The van der Waals surface area contributed by atoms with Crippen LogP contribution in [0.15, 0.2) is 18.2 Å². The first kappa shape index (κ1) is 13.7. The van der Waals surface area contributed by atoms with Gasteiger partial charge in [0, 0.05) is 22.9 Å². The molecule has 0 fully saturated rings. The Morgan fingerprint density at radius 1 is 1.35 bits per heavy atom. The highest BCUT2D eigenvalue weighted by Crippen LogP contribution is 2.24. The number of aliphatic carboxylic acids is 1. The summed E-state index contributed by atoms with van der Waals surface area (Å²) in [6, 6.07) is 3.67. The van der Waals surface area contributed by atoms with E-state index in [2.05, 4.69) is 15.9 Å². The summed E-state index contributed by atoms with van der Waals surface area (Å²) in [7, 11) is 0. The Kier molecular flexibility index (Phi) is 4.65. The molecule has 1 aromatic carbocycles. The lowest BCUT2D eigenvalue weighted by atomic mass is 9.97. The van der Waals surface area contributed by atoms with E-state index in [9.17, 15) is 19.8 Å². The molecule has 5 nitrogen and oxygen atoms in total. The van der Waals surface area contributed by atoms with Crippen molar-refractivity contribution >= 4 is 27.7 Å². The second-order valence-corrected chi connectivity index (χ2v) is 4.17. The maximum atomic E-state index is 11.7. The monoisotopic (exact) mass is 302 g/mol. The Labute approximate surface area is 106 Å². The first-order valence-electron chi connectivity index (χ1n) is 4.80. The van der Waals surface area contributed by atoms with Gasteiger partial charge in [0.2, 0.25) is 0 Å². The van der Waals surface area contributed by atoms with Gasteiger partial charge in [-0.15, -0.1) is 0 Å². The van der Waals surface area contributed by atoms with E-state index >= 15 is 0 Å². The second kappa shape index (κ2) is 5.79. The highest BCUT2D eigenvalue weighted by molar-refractivity contribution is 9.09. The quantitative estimate of drug-likeness (QED) is 0.566. The van der Waals surface area contributed by atoms with Gasteiger partial charge >= 0.3 is 5.97 Å². The molecule has 0 spiro atoms. The molecule has 1 unspecified atom stereocenters. The van der Waals surface area contributed by atoms with E-state index in [1.165, 1.54) is 12.1 Å². The fourth-order valence-corrected chi connectivity index (χ4v) is 1.74. The number of phenolic OH excluding ortho intramolecular Hbond substituents is 1. The van der Waals surface area contributed by atoms with Crippen molar-refractivity contribution in [3.8, 4) is 5.75 Å². The zero-order valence-corrected chi connectivity index (χ0v) is 10.3. The van der Waals surface area contributed by atoms with Gasteiger partial charge in [-0.05, 0) is 18.2 Å². The molecule has 0 radical (unpaired) electrons. The standard InChI is InChI=1S/C11H11BrO5/c12-4-3-9(14)7-2-1-6(13)5-8(7)10(15)11(16)17/h1-2,5,10,13,15H,3-4H2,(H,16,17). The van der Waals surface area contributed by atoms with Crippen molar-refractivity contribution in [2.24, 2.45) is 0 Å². The van der Waals surface area contributed by atoms with Gasteiger partial charge in [0.05, 0.1) is 0 Å². The van der Waals surface area contributed by atoms with Crippen molar-refractivity contribution in [3.05, 3.63) is 29.3 Å². The van der Waals surface area contributed by atoms with E-state index in [1.54, 1.807) is 0 Å². The van der Waals surface area contributed by atoms with Crippen LogP contribution in [0, 0.1) is 0 Å². The molecule has 0 heterocycles. The summed E-state index contributed by atoms with van der Waals surface area (Å²) in [5.41, 5.74) is 0.0144. The fourth-order valence-electron chi connectivity index (χ4n) is 1.38. The van der Waals surface area contributed by atoms with Gasteiger partial charge in [-0.25, -0.2) is 4.79 Å². The number of carbonyl (C=O) groups is 2. The summed E-state index contributed by atoms with van der Waals surface area (Å²) in [6.45, 7) is 0. The molecule has 3 N–H and O–H groups in total. The topological polar surface area (TPSA) is 94.8 Å². The van der Waals surface area contributed by atoms with Crippen LogP contribution < -0.4 is 0 Å². The minimum atomic E-state index is -1.82. The van der Waals surface area contributed by atoms with Crippen LogP contribution in [0.2, 0.25) is 0 Å². The molecule has 0 aliphatic rings. The number of aliphatic hydroxyl groups excluding tert-OH is 1. The molecule has 0 aromatic heterocycles. The third-order valence-electron chi connectivity index (χ3n) is 2.19. The number of carboxylic acid groups (broad SMARTS) is 1. The van der Waals surface area contributed by atoms with E-state index < -0.39 is 12.1 Å². The molecule has 0 amide bonds. The molecule has 17 heavy (non-hydrogen) atoms. The molecule has 0 aliphatic heterocycles. The highest BCUT2D eigenvalue weighted by atomic mass is 79.9. The third kappa shape index (κ3) is 3.28. The molecule has 92 valence electrons. The molecule has 1 rings (SSSR count). The van der Waals surface area contributed by atoms with E-state index in [0.717, 1.165) is 6.07 Å². The summed E-state index contributed by atoms with van der Waals surface area (Å²) >= 11 is 3.10. The summed E-state index contributed by atoms with van der Waals surface area (Å²) in [5, 5.41) is 27.9. The number of halogens is 1. The zero-order chi connectivity index (χ0) is 13.0. The van der Waals surface area contributed by atoms with Crippen LogP contribution in [-0.4, -0.2) is 32.4 Å². The molecule has 1 aromatic rings. The van der Waals surface area contributed by atoms with Gasteiger partial charge in [0.1, 0.15) is 5.75 Å². The molecule has 6 heteroatoms. The SMILES string of the molecule is O=C(CCBr)c1ccc(O)cc1C(O)C(=O)O. The van der Waals surface area contributed by atoms with Crippen LogP contribution >= 0.6 is 15.9 Å². The number of hydrogen-bond donors (Lipinski definition) is 3. The average Bonchev–Trinajstić information content (AvgIpc) is 2.28. The summed E-state index contributed by atoms with van der Waals surface area (Å²) in [5.74, 6) is -1.96. The van der Waals surface area contributed by atoms with Crippen LogP contribution in [0.4, 0.5) is 0 Å². The number of carboxylic acids is 1. The van der Waals surface area contributed by atoms with Gasteiger partial charge in [-0.2, -0.15) is 0 Å². The summed E-state index contributed by atoms with van der Waals surface area (Å²) in [6.07, 6.45) is -1.64. The largest absolute Gasteiger partial charge is 0.508 e. The Morgan fingerprint density at radius 2 is 2.00 bits per heavy atom. The van der Waals surface area contributed by atoms with Crippen molar-refractivity contribution in [1.29, 1.82) is 0 Å². The van der Waals surface area contributed by atoms with E-state index in [0.29, 0.717) is 5.33 Å². The summed E-state index contributed by atoms with van der Waals surface area (Å²) < 4.78 is 0. The van der Waals surface area contributed by atoms with Crippen LogP contribution in [0.5, 0.6) is 5.75 Å². The molecule has 1 atom stereocenters. The van der Waals surface area contributed by atoms with Gasteiger partial charge in [-0.1, -0.05) is 15.9 Å². The molecule has 0 aliphatic carbocycles. The number of Topliss-reactive ketones (excluding diaryl/α,β-unsaturated/α-hetero) is 1. The predicted octanol–water partition coefficient (Wildman–Crippen LogP) is 1.48. The lowest BCUT2D eigenvalue weighted by Crippen LogP contribution is -2.15. The second-order valence-electron chi connectivity index (χ2n) is 3.37. The first-order chi connectivity index (χ1) is 7.97. The maximum Gasteiger partial charge on any atom is 0.337 e. The number of carbonyl (C=O) groups excluding carboxylic acids is 1. The van der Waals surface area contributed by atoms with E-state index in [-0.39, 0.29) is 29.1 Å². The zero-order valence-electron chi connectivity index (χ0n) is 8.76. The van der Waals surface area contributed by atoms with Crippen LogP contribution in [0.3, 0.4) is 0 Å². The molecule has 0 bridgehead atoms. The third-order valence-corrected chi connectivity index (χ3v) is 2.58. The lowest BCUT2D eigenvalue weighted by Gasteiger charge is -2.11.